The average Bonchev–Trinajstić information content (AvgIpc) is 3.27. The largest absolute Gasteiger partial charge is 0.418 e. The lowest BCUT2D eigenvalue weighted by Crippen LogP contribution is -2.50. The van der Waals surface area contributed by atoms with Crippen LogP contribution in [0.2, 0.25) is 5.02 Å². The van der Waals surface area contributed by atoms with Gasteiger partial charge in [-0.1, -0.05) is 17.5 Å². The fraction of sp³-hybridized carbons (Fsp3) is 0.438. The topological polar surface area (TPSA) is 58.6 Å². The van der Waals surface area contributed by atoms with Gasteiger partial charge in [-0.05, 0) is 36.5 Å². The van der Waals surface area contributed by atoms with Crippen molar-refractivity contribution in [1.29, 1.82) is 0 Å². The number of benzene rings is 1. The van der Waals surface area contributed by atoms with Gasteiger partial charge in [0.2, 0.25) is 0 Å². The number of carbonyl (C=O) groups is 1. The summed E-state index contributed by atoms with van der Waals surface area (Å²) in [5, 5.41) is 11.7. The standard InChI is InChI=1S/C16H14ClF2NO3/c1-15(18,19)16(5-4-9-2-3-9)11-7-12(17)10(8-21)6-13(11)20-14(22)23-16/h6-7,9,21H,2-3,8H2,1H3,(H,20,22)/t16-/m0/s1. The Morgan fingerprint density at radius 3 is 2.78 bits per heavy atom. The molecule has 0 unspecified atom stereocenters. The molecular weight excluding hydrogens is 328 g/mol. The zero-order chi connectivity index (χ0) is 16.8. The van der Waals surface area contributed by atoms with Crippen molar-refractivity contribution in [2.45, 2.75) is 37.9 Å². The maximum atomic E-state index is 14.4. The molecule has 1 aliphatic heterocycles. The van der Waals surface area contributed by atoms with Gasteiger partial charge in [-0.25, -0.2) is 13.6 Å². The van der Waals surface area contributed by atoms with E-state index in [2.05, 4.69) is 17.2 Å². The Bertz CT molecular complexity index is 731. The first-order chi connectivity index (χ1) is 10.8. The molecule has 2 N–H and O–H groups in total. The number of alkyl halides is 2. The fourth-order valence-electron chi connectivity index (χ4n) is 2.42. The normalized spacial score (nSPS) is 23.3. The molecule has 0 aromatic heterocycles. The molecule has 1 fully saturated rings. The fourth-order valence-corrected chi connectivity index (χ4v) is 2.65. The van der Waals surface area contributed by atoms with E-state index in [-0.39, 0.29) is 28.8 Å². The van der Waals surface area contributed by atoms with E-state index in [4.69, 9.17) is 16.3 Å². The quantitative estimate of drug-likeness (QED) is 0.807. The Morgan fingerprint density at radius 2 is 2.22 bits per heavy atom. The van der Waals surface area contributed by atoms with Gasteiger partial charge in [0.15, 0.2) is 0 Å². The number of nitrogens with one attached hydrogen (secondary N) is 1. The van der Waals surface area contributed by atoms with E-state index in [0.717, 1.165) is 12.8 Å². The number of amides is 1. The summed E-state index contributed by atoms with van der Waals surface area (Å²) >= 11 is 6.03. The molecule has 3 rings (SSSR count). The van der Waals surface area contributed by atoms with Crippen LogP contribution in [0, 0.1) is 17.8 Å². The molecule has 7 heteroatoms. The molecule has 1 saturated carbocycles. The highest BCUT2D eigenvalue weighted by molar-refractivity contribution is 6.31. The number of aliphatic hydroxyl groups excluding tert-OH is 1. The molecule has 2 aliphatic rings. The smallest absolute Gasteiger partial charge is 0.413 e. The number of anilines is 1. The van der Waals surface area contributed by atoms with E-state index < -0.39 is 17.6 Å². The number of ether oxygens (including phenoxy) is 1. The minimum absolute atomic E-state index is 0.0139. The van der Waals surface area contributed by atoms with E-state index in [9.17, 15) is 18.7 Å². The van der Waals surface area contributed by atoms with Gasteiger partial charge in [0, 0.05) is 23.4 Å². The van der Waals surface area contributed by atoms with E-state index in [1.807, 2.05) is 0 Å². The van der Waals surface area contributed by atoms with Crippen molar-refractivity contribution < 1.29 is 23.4 Å². The van der Waals surface area contributed by atoms with Crippen LogP contribution in [0.3, 0.4) is 0 Å². The SMILES string of the molecule is CC(F)(F)[C@@]1(C#CC2CC2)OC(=O)Nc2cc(CO)c(Cl)cc21. The molecule has 0 bridgehead atoms. The van der Waals surface area contributed by atoms with E-state index in [0.29, 0.717) is 12.5 Å². The van der Waals surface area contributed by atoms with Gasteiger partial charge < -0.3 is 9.84 Å². The van der Waals surface area contributed by atoms with Gasteiger partial charge in [-0.3, -0.25) is 5.32 Å². The van der Waals surface area contributed by atoms with E-state index in [1.54, 1.807) is 0 Å². The summed E-state index contributed by atoms with van der Waals surface area (Å²) in [6.45, 7) is 0.275. The van der Waals surface area contributed by atoms with Gasteiger partial charge in [0.1, 0.15) is 0 Å². The Kier molecular flexibility index (Phi) is 3.74. The predicted octanol–water partition coefficient (Wildman–Crippen LogP) is 3.66. The first kappa shape index (κ1) is 16.0. The number of hydrogen-bond donors (Lipinski definition) is 2. The summed E-state index contributed by atoms with van der Waals surface area (Å²) < 4.78 is 33.8. The molecular formula is C16H14ClF2NO3. The van der Waals surface area contributed by atoms with Crippen LogP contribution in [0.15, 0.2) is 12.1 Å². The summed E-state index contributed by atoms with van der Waals surface area (Å²) in [6, 6.07) is 2.62. The van der Waals surface area contributed by atoms with Gasteiger partial charge >= 0.3 is 6.09 Å². The summed E-state index contributed by atoms with van der Waals surface area (Å²) in [5.41, 5.74) is -1.98. The Balaban J connectivity index is 2.23. The number of fused-ring (bicyclic) bond motifs is 1. The van der Waals surface area contributed by atoms with E-state index in [1.165, 1.54) is 12.1 Å². The number of carbonyl (C=O) groups excluding carboxylic acids is 1. The summed E-state index contributed by atoms with van der Waals surface area (Å²) in [5.74, 6) is 1.85. The molecule has 1 amide bonds. The lowest BCUT2D eigenvalue weighted by atomic mass is 9.85. The van der Waals surface area contributed by atoms with Crippen LogP contribution in [-0.2, 0) is 16.9 Å². The molecule has 1 aromatic carbocycles. The lowest BCUT2D eigenvalue weighted by molar-refractivity contribution is -0.142. The summed E-state index contributed by atoms with van der Waals surface area (Å²) in [6.07, 6.45) is 0.679. The van der Waals surface area contributed by atoms with Gasteiger partial charge in [-0.2, -0.15) is 0 Å². The first-order valence-electron chi connectivity index (χ1n) is 7.11. The molecule has 0 spiro atoms. The second-order valence-electron chi connectivity index (χ2n) is 5.78. The van der Waals surface area contributed by atoms with Gasteiger partial charge in [0.05, 0.1) is 12.3 Å². The van der Waals surface area contributed by atoms with Crippen molar-refractivity contribution in [3.63, 3.8) is 0 Å². The molecule has 1 aliphatic carbocycles. The Hall–Kier alpha value is -1.84. The second kappa shape index (κ2) is 5.36. The maximum absolute atomic E-state index is 14.4. The van der Waals surface area contributed by atoms with Crippen molar-refractivity contribution in [2.75, 3.05) is 5.32 Å². The van der Waals surface area contributed by atoms with Crippen LogP contribution in [0.5, 0.6) is 0 Å². The predicted molar refractivity (Wildman–Crippen MR) is 80.3 cm³/mol. The monoisotopic (exact) mass is 341 g/mol. The van der Waals surface area contributed by atoms with Crippen LogP contribution in [0.25, 0.3) is 0 Å². The zero-order valence-corrected chi connectivity index (χ0v) is 13.0. The third-order valence-electron chi connectivity index (χ3n) is 3.87. The lowest BCUT2D eigenvalue weighted by Gasteiger charge is -2.38. The van der Waals surface area contributed by atoms with Crippen LogP contribution >= 0.6 is 11.6 Å². The number of rotatable bonds is 2. The van der Waals surface area contributed by atoms with Gasteiger partial charge in [0.25, 0.3) is 11.5 Å². The first-order valence-corrected chi connectivity index (χ1v) is 7.49. The maximum Gasteiger partial charge on any atom is 0.413 e. The summed E-state index contributed by atoms with van der Waals surface area (Å²) in [4.78, 5) is 11.8. The second-order valence-corrected chi connectivity index (χ2v) is 6.18. The van der Waals surface area contributed by atoms with Crippen molar-refractivity contribution in [3.05, 3.63) is 28.3 Å². The van der Waals surface area contributed by atoms with Crippen LogP contribution < -0.4 is 5.32 Å². The third-order valence-corrected chi connectivity index (χ3v) is 4.22. The molecule has 1 atom stereocenters. The van der Waals surface area contributed by atoms with Crippen LogP contribution in [0.4, 0.5) is 19.3 Å². The minimum Gasteiger partial charge on any atom is -0.418 e. The summed E-state index contributed by atoms with van der Waals surface area (Å²) in [7, 11) is 0. The Labute approximate surface area is 136 Å². The molecule has 4 nitrogen and oxygen atoms in total. The average molecular weight is 342 g/mol. The van der Waals surface area contributed by atoms with Gasteiger partial charge in [-0.15, -0.1) is 0 Å². The van der Waals surface area contributed by atoms with Crippen molar-refractivity contribution in [3.8, 4) is 11.8 Å². The molecule has 0 saturated heterocycles. The highest BCUT2D eigenvalue weighted by atomic mass is 35.5. The van der Waals surface area contributed by atoms with Crippen molar-refractivity contribution in [1.82, 2.24) is 0 Å². The van der Waals surface area contributed by atoms with E-state index >= 15 is 0 Å². The minimum atomic E-state index is -3.44. The molecule has 1 aromatic rings. The molecule has 23 heavy (non-hydrogen) atoms. The van der Waals surface area contributed by atoms with Crippen molar-refractivity contribution >= 4 is 23.4 Å². The highest BCUT2D eigenvalue weighted by Crippen LogP contribution is 2.48. The number of hydrogen-bond acceptors (Lipinski definition) is 3. The molecule has 1 heterocycles. The highest BCUT2D eigenvalue weighted by Gasteiger charge is 2.57. The number of cyclic esters (lactones) is 1. The molecule has 0 radical (unpaired) electrons. The zero-order valence-electron chi connectivity index (χ0n) is 12.3. The molecule has 122 valence electrons. The van der Waals surface area contributed by atoms with Crippen molar-refractivity contribution in [2.24, 2.45) is 5.92 Å². The van der Waals surface area contributed by atoms with Crippen LogP contribution in [0.1, 0.15) is 30.9 Å². The Morgan fingerprint density at radius 1 is 1.52 bits per heavy atom. The van der Waals surface area contributed by atoms with Crippen LogP contribution in [-0.4, -0.2) is 17.1 Å². The number of halogens is 3. The third kappa shape index (κ3) is 2.75. The number of aliphatic hydroxyl groups is 1.